The number of hydrogen-bond acceptors (Lipinski definition) is 5. The second kappa shape index (κ2) is 5.12. The zero-order valence-electron chi connectivity index (χ0n) is 8.86. The van der Waals surface area contributed by atoms with E-state index in [0.717, 1.165) is 19.4 Å². The van der Waals surface area contributed by atoms with Crippen molar-refractivity contribution in [2.75, 3.05) is 25.2 Å². The summed E-state index contributed by atoms with van der Waals surface area (Å²) in [6, 6.07) is 0.477. The van der Waals surface area contributed by atoms with Gasteiger partial charge in [0.15, 0.2) is 0 Å². The molecule has 0 aliphatic heterocycles. The maximum atomic E-state index is 5.75. The van der Waals surface area contributed by atoms with Crippen LogP contribution in [0.3, 0.4) is 0 Å². The molecular weight excluding hydrogens is 251 g/mol. The molecule has 0 unspecified atom stereocenters. The number of nitrogens with zero attached hydrogens (tertiary/aromatic N) is 4. The lowest BCUT2D eigenvalue weighted by Crippen LogP contribution is -2.31. The summed E-state index contributed by atoms with van der Waals surface area (Å²) in [4.78, 5) is 13.9. The Kier molecular flexibility index (Phi) is 3.78. The number of rotatable bonds is 5. The first kappa shape index (κ1) is 11.8. The van der Waals surface area contributed by atoms with E-state index in [1.807, 2.05) is 0 Å². The smallest absolute Gasteiger partial charge is 0.231 e. The molecule has 1 aromatic heterocycles. The van der Waals surface area contributed by atoms with E-state index >= 15 is 0 Å². The van der Waals surface area contributed by atoms with E-state index in [0.29, 0.717) is 18.6 Å². The molecule has 5 nitrogen and oxygen atoms in total. The normalized spacial score (nSPS) is 15.2. The maximum Gasteiger partial charge on any atom is 0.231 e. The van der Waals surface area contributed by atoms with Gasteiger partial charge in [0.1, 0.15) is 0 Å². The van der Waals surface area contributed by atoms with Crippen molar-refractivity contribution >= 4 is 29.2 Å². The molecule has 0 spiro atoms. The number of anilines is 1. The Morgan fingerprint density at radius 1 is 1.25 bits per heavy atom. The van der Waals surface area contributed by atoms with Crippen LogP contribution >= 0.6 is 23.2 Å². The van der Waals surface area contributed by atoms with E-state index in [2.05, 4.69) is 19.9 Å². The van der Waals surface area contributed by atoms with Gasteiger partial charge in [-0.2, -0.15) is 15.0 Å². The van der Waals surface area contributed by atoms with Crippen molar-refractivity contribution in [1.82, 2.24) is 15.0 Å². The van der Waals surface area contributed by atoms with Gasteiger partial charge in [-0.3, -0.25) is 0 Å². The summed E-state index contributed by atoms with van der Waals surface area (Å²) < 4.78 is 5.05. The largest absolute Gasteiger partial charge is 0.383 e. The van der Waals surface area contributed by atoms with Gasteiger partial charge in [-0.1, -0.05) is 0 Å². The fraction of sp³-hybridized carbons (Fsp3) is 0.667. The third-order valence-electron chi connectivity index (χ3n) is 2.35. The Hall–Kier alpha value is -0.650. The third kappa shape index (κ3) is 2.93. The molecule has 1 fully saturated rings. The molecule has 16 heavy (non-hydrogen) atoms. The number of ether oxygens (including phenoxy) is 1. The Bertz CT molecular complexity index is 352. The van der Waals surface area contributed by atoms with Gasteiger partial charge >= 0.3 is 0 Å². The van der Waals surface area contributed by atoms with Crippen molar-refractivity contribution in [2.45, 2.75) is 18.9 Å². The lowest BCUT2D eigenvalue weighted by atomic mass is 10.5. The van der Waals surface area contributed by atoms with Crippen LogP contribution in [-0.4, -0.2) is 41.3 Å². The number of halogens is 2. The van der Waals surface area contributed by atoms with Gasteiger partial charge in [-0.25, -0.2) is 0 Å². The predicted octanol–water partition coefficient (Wildman–Crippen LogP) is 1.79. The predicted molar refractivity (Wildman–Crippen MR) is 62.1 cm³/mol. The molecule has 0 atom stereocenters. The van der Waals surface area contributed by atoms with Crippen LogP contribution in [0.4, 0.5) is 5.95 Å². The minimum Gasteiger partial charge on any atom is -0.383 e. The van der Waals surface area contributed by atoms with Crippen LogP contribution in [0, 0.1) is 0 Å². The molecule has 0 aromatic carbocycles. The average Bonchev–Trinajstić information content (AvgIpc) is 3.01. The maximum absolute atomic E-state index is 5.75. The lowest BCUT2D eigenvalue weighted by Gasteiger charge is -2.21. The summed E-state index contributed by atoms with van der Waals surface area (Å²) in [5.41, 5.74) is 0. The Labute approximate surface area is 104 Å². The second-order valence-corrected chi connectivity index (χ2v) is 4.27. The number of methoxy groups -OCH3 is 1. The monoisotopic (exact) mass is 262 g/mol. The Morgan fingerprint density at radius 2 is 1.88 bits per heavy atom. The molecule has 1 heterocycles. The molecule has 0 N–H and O–H groups in total. The zero-order valence-corrected chi connectivity index (χ0v) is 10.4. The molecule has 7 heteroatoms. The van der Waals surface area contributed by atoms with Crippen LogP contribution < -0.4 is 4.90 Å². The SMILES string of the molecule is COCCN(c1nc(Cl)nc(Cl)n1)C1CC1. The molecule has 1 aliphatic rings. The molecule has 2 rings (SSSR count). The zero-order chi connectivity index (χ0) is 11.5. The van der Waals surface area contributed by atoms with Crippen molar-refractivity contribution in [3.63, 3.8) is 0 Å². The van der Waals surface area contributed by atoms with Crippen LogP contribution in [0.15, 0.2) is 0 Å². The molecule has 1 aromatic rings. The van der Waals surface area contributed by atoms with E-state index in [1.165, 1.54) is 0 Å². The van der Waals surface area contributed by atoms with Crippen molar-refractivity contribution < 1.29 is 4.74 Å². The molecule has 0 radical (unpaired) electrons. The first-order chi connectivity index (χ1) is 7.70. The fourth-order valence-electron chi connectivity index (χ4n) is 1.47. The summed E-state index contributed by atoms with van der Waals surface area (Å²) in [6.07, 6.45) is 2.29. The summed E-state index contributed by atoms with van der Waals surface area (Å²) in [5.74, 6) is 0.532. The summed E-state index contributed by atoms with van der Waals surface area (Å²) in [7, 11) is 1.67. The molecule has 1 saturated carbocycles. The molecule has 88 valence electrons. The molecular formula is C9H12Cl2N4O. The van der Waals surface area contributed by atoms with Crippen LogP contribution in [0.2, 0.25) is 10.6 Å². The van der Waals surface area contributed by atoms with E-state index in [4.69, 9.17) is 27.9 Å². The van der Waals surface area contributed by atoms with Crippen molar-refractivity contribution in [3.8, 4) is 0 Å². The highest BCUT2D eigenvalue weighted by atomic mass is 35.5. The van der Waals surface area contributed by atoms with Gasteiger partial charge in [0.2, 0.25) is 16.5 Å². The first-order valence-corrected chi connectivity index (χ1v) is 5.79. The van der Waals surface area contributed by atoms with Gasteiger partial charge in [-0.15, -0.1) is 0 Å². The highest BCUT2D eigenvalue weighted by molar-refractivity contribution is 6.31. The quantitative estimate of drug-likeness (QED) is 0.810. The van der Waals surface area contributed by atoms with E-state index in [1.54, 1.807) is 7.11 Å². The van der Waals surface area contributed by atoms with E-state index in [9.17, 15) is 0 Å². The van der Waals surface area contributed by atoms with Gasteiger partial charge in [0.05, 0.1) is 6.61 Å². The average molecular weight is 263 g/mol. The Balaban J connectivity index is 2.16. The van der Waals surface area contributed by atoms with E-state index in [-0.39, 0.29) is 10.6 Å². The second-order valence-electron chi connectivity index (χ2n) is 3.59. The van der Waals surface area contributed by atoms with Gasteiger partial charge in [-0.05, 0) is 36.0 Å². The molecule has 1 aliphatic carbocycles. The summed E-state index contributed by atoms with van der Waals surface area (Å²) in [5, 5.41) is 0.246. The molecule has 0 amide bonds. The molecule has 0 saturated heterocycles. The number of aromatic nitrogens is 3. The fourth-order valence-corrected chi connectivity index (χ4v) is 1.82. The van der Waals surface area contributed by atoms with Gasteiger partial charge in [0, 0.05) is 19.7 Å². The van der Waals surface area contributed by atoms with Crippen LogP contribution in [-0.2, 0) is 4.74 Å². The minimum atomic E-state index is 0.123. The van der Waals surface area contributed by atoms with Gasteiger partial charge in [0.25, 0.3) is 0 Å². The third-order valence-corrected chi connectivity index (χ3v) is 2.69. The van der Waals surface area contributed by atoms with Crippen molar-refractivity contribution in [2.24, 2.45) is 0 Å². The topological polar surface area (TPSA) is 51.1 Å². The van der Waals surface area contributed by atoms with Crippen LogP contribution in [0.1, 0.15) is 12.8 Å². The van der Waals surface area contributed by atoms with Crippen LogP contribution in [0.25, 0.3) is 0 Å². The van der Waals surface area contributed by atoms with Crippen LogP contribution in [0.5, 0.6) is 0 Å². The first-order valence-electron chi connectivity index (χ1n) is 5.03. The summed E-state index contributed by atoms with van der Waals surface area (Å²) in [6.45, 7) is 1.36. The number of hydrogen-bond donors (Lipinski definition) is 0. The standard InChI is InChI=1S/C9H12Cl2N4O/c1-16-5-4-15(6-2-3-6)9-13-7(10)12-8(11)14-9/h6H,2-5H2,1H3. The molecule has 0 bridgehead atoms. The minimum absolute atomic E-state index is 0.123. The lowest BCUT2D eigenvalue weighted by molar-refractivity contribution is 0.204. The highest BCUT2D eigenvalue weighted by Crippen LogP contribution is 2.30. The van der Waals surface area contributed by atoms with E-state index < -0.39 is 0 Å². The Morgan fingerprint density at radius 3 is 2.38 bits per heavy atom. The van der Waals surface area contributed by atoms with Crippen molar-refractivity contribution in [3.05, 3.63) is 10.6 Å². The van der Waals surface area contributed by atoms with Gasteiger partial charge < -0.3 is 9.64 Å². The highest BCUT2D eigenvalue weighted by Gasteiger charge is 2.31. The van der Waals surface area contributed by atoms with Crippen molar-refractivity contribution in [1.29, 1.82) is 0 Å². The summed E-state index contributed by atoms with van der Waals surface area (Å²) >= 11 is 11.5.